The number of hydrazine groups is 1. The lowest BCUT2D eigenvalue weighted by Gasteiger charge is -2.29. The summed E-state index contributed by atoms with van der Waals surface area (Å²) in [6, 6.07) is 2.96. The number of hydrogen-bond donors (Lipinski definition) is 2. The van der Waals surface area contributed by atoms with E-state index in [9.17, 15) is 23.3 Å². The Kier molecular flexibility index (Phi) is 4.33. The van der Waals surface area contributed by atoms with Gasteiger partial charge in [0.25, 0.3) is 5.69 Å². The number of nitrogens with two attached hydrogens (primary N) is 1. The van der Waals surface area contributed by atoms with Gasteiger partial charge in [0.15, 0.2) is 0 Å². The van der Waals surface area contributed by atoms with Gasteiger partial charge in [-0.25, -0.2) is 5.01 Å². The van der Waals surface area contributed by atoms with Crippen LogP contribution in [-0.4, -0.2) is 29.1 Å². The van der Waals surface area contributed by atoms with Crippen LogP contribution in [0.1, 0.15) is 18.4 Å². The predicted molar refractivity (Wildman–Crippen MR) is 70.5 cm³/mol. The Hall–Kier alpha value is -1.87. The maximum Gasteiger partial charge on any atom is 0.423 e. The van der Waals surface area contributed by atoms with E-state index in [4.69, 9.17) is 5.84 Å². The van der Waals surface area contributed by atoms with Crippen molar-refractivity contribution in [3.05, 3.63) is 33.9 Å². The van der Waals surface area contributed by atoms with Crippen molar-refractivity contribution in [3.63, 3.8) is 0 Å². The molecule has 6 nitrogen and oxygen atoms in total. The van der Waals surface area contributed by atoms with Gasteiger partial charge in [-0.05, 0) is 25.0 Å². The van der Waals surface area contributed by atoms with E-state index in [1.807, 2.05) is 0 Å². The Morgan fingerprint density at radius 1 is 1.33 bits per heavy atom. The van der Waals surface area contributed by atoms with Crippen LogP contribution in [0.2, 0.25) is 0 Å². The number of halogens is 3. The molecule has 3 N–H and O–H groups in total. The lowest BCUT2D eigenvalue weighted by atomic mass is 10.0. The lowest BCUT2D eigenvalue weighted by molar-refractivity contribution is -0.388. The molecule has 1 fully saturated rings. The molecule has 0 bridgehead atoms. The van der Waals surface area contributed by atoms with Gasteiger partial charge in [-0.1, -0.05) is 0 Å². The number of nitro groups is 1. The summed E-state index contributed by atoms with van der Waals surface area (Å²) in [7, 11) is 0. The van der Waals surface area contributed by atoms with Gasteiger partial charge in [0, 0.05) is 30.9 Å². The zero-order valence-corrected chi connectivity index (χ0v) is 11.1. The fraction of sp³-hybridized carbons (Fsp3) is 0.500. The van der Waals surface area contributed by atoms with Gasteiger partial charge < -0.3 is 5.32 Å². The van der Waals surface area contributed by atoms with Crippen LogP contribution in [0.15, 0.2) is 18.2 Å². The predicted octanol–water partition coefficient (Wildman–Crippen LogP) is 2.36. The molecule has 0 radical (unpaired) electrons. The van der Waals surface area contributed by atoms with E-state index in [1.165, 1.54) is 6.07 Å². The Balaban J connectivity index is 2.20. The van der Waals surface area contributed by atoms with Crippen molar-refractivity contribution in [1.29, 1.82) is 0 Å². The van der Waals surface area contributed by atoms with Gasteiger partial charge in [-0.2, -0.15) is 13.2 Å². The fourth-order valence-electron chi connectivity index (χ4n) is 2.29. The standard InChI is InChI=1S/C12H15F3N4O2/c13-12(14,15)10-7-9(1-2-11(10)19(20)21)17-8-3-5-18(16)6-4-8/h1-2,7-8,17H,3-6,16H2. The second-order valence-corrected chi connectivity index (χ2v) is 4.94. The molecule has 9 heteroatoms. The van der Waals surface area contributed by atoms with Crippen molar-refractivity contribution in [3.8, 4) is 0 Å². The van der Waals surface area contributed by atoms with E-state index < -0.39 is 22.4 Å². The van der Waals surface area contributed by atoms with E-state index in [0.29, 0.717) is 25.9 Å². The topological polar surface area (TPSA) is 84.4 Å². The molecular formula is C12H15F3N4O2. The van der Waals surface area contributed by atoms with Gasteiger partial charge >= 0.3 is 6.18 Å². The van der Waals surface area contributed by atoms with E-state index >= 15 is 0 Å². The van der Waals surface area contributed by atoms with Crippen molar-refractivity contribution in [2.75, 3.05) is 18.4 Å². The van der Waals surface area contributed by atoms with Crippen LogP contribution in [0.3, 0.4) is 0 Å². The summed E-state index contributed by atoms with van der Waals surface area (Å²) in [6.07, 6.45) is -3.36. The maximum atomic E-state index is 12.9. The molecule has 1 aromatic rings. The molecule has 0 atom stereocenters. The first-order valence-corrected chi connectivity index (χ1v) is 6.39. The van der Waals surface area contributed by atoms with Crippen molar-refractivity contribution in [2.24, 2.45) is 5.84 Å². The molecule has 21 heavy (non-hydrogen) atoms. The zero-order valence-electron chi connectivity index (χ0n) is 11.1. The molecule has 1 saturated heterocycles. The van der Waals surface area contributed by atoms with Crippen molar-refractivity contribution in [1.82, 2.24) is 5.01 Å². The third-order valence-corrected chi connectivity index (χ3v) is 3.40. The Bertz CT molecular complexity index is 528. The summed E-state index contributed by atoms with van der Waals surface area (Å²) < 4.78 is 38.6. The first-order valence-electron chi connectivity index (χ1n) is 6.39. The SMILES string of the molecule is NN1CCC(Nc2ccc([N+](=O)[O-])c(C(F)(F)F)c2)CC1. The summed E-state index contributed by atoms with van der Waals surface area (Å²) in [5, 5.41) is 15.3. The number of alkyl halides is 3. The molecule has 1 heterocycles. The van der Waals surface area contributed by atoms with Gasteiger partial charge in [0.2, 0.25) is 0 Å². The van der Waals surface area contributed by atoms with Crippen LogP contribution < -0.4 is 11.2 Å². The quantitative estimate of drug-likeness (QED) is 0.509. The highest BCUT2D eigenvalue weighted by Gasteiger charge is 2.38. The molecule has 0 aromatic heterocycles. The van der Waals surface area contributed by atoms with Crippen molar-refractivity contribution >= 4 is 11.4 Å². The van der Waals surface area contributed by atoms with Crippen LogP contribution in [0.5, 0.6) is 0 Å². The van der Waals surface area contributed by atoms with E-state index in [0.717, 1.165) is 12.1 Å². The minimum atomic E-state index is -4.76. The minimum absolute atomic E-state index is 0.00680. The molecule has 0 amide bonds. The van der Waals surface area contributed by atoms with E-state index in [-0.39, 0.29) is 11.7 Å². The smallest absolute Gasteiger partial charge is 0.382 e. The number of rotatable bonds is 3. The largest absolute Gasteiger partial charge is 0.423 e. The van der Waals surface area contributed by atoms with E-state index in [2.05, 4.69) is 5.32 Å². The number of nitrogens with zero attached hydrogens (tertiary/aromatic N) is 2. The molecule has 0 unspecified atom stereocenters. The third-order valence-electron chi connectivity index (χ3n) is 3.40. The Labute approximate surface area is 118 Å². The Morgan fingerprint density at radius 3 is 2.48 bits per heavy atom. The maximum absolute atomic E-state index is 12.9. The van der Waals surface area contributed by atoms with Crippen molar-refractivity contribution < 1.29 is 18.1 Å². The average molecular weight is 304 g/mol. The highest BCUT2D eigenvalue weighted by Crippen LogP contribution is 2.37. The average Bonchev–Trinajstić information content (AvgIpc) is 2.40. The van der Waals surface area contributed by atoms with Crippen molar-refractivity contribution in [2.45, 2.75) is 25.1 Å². The number of benzene rings is 1. The molecular weight excluding hydrogens is 289 g/mol. The van der Waals surface area contributed by atoms with Gasteiger partial charge in [-0.15, -0.1) is 0 Å². The van der Waals surface area contributed by atoms with E-state index in [1.54, 1.807) is 5.01 Å². The highest BCUT2D eigenvalue weighted by atomic mass is 19.4. The first-order chi connectivity index (χ1) is 9.77. The summed E-state index contributed by atoms with van der Waals surface area (Å²) >= 11 is 0. The van der Waals surface area contributed by atoms with Gasteiger partial charge in [0.1, 0.15) is 5.56 Å². The molecule has 116 valence electrons. The van der Waals surface area contributed by atoms with Crippen LogP contribution in [0.4, 0.5) is 24.5 Å². The summed E-state index contributed by atoms with van der Waals surface area (Å²) in [5.74, 6) is 5.61. The highest BCUT2D eigenvalue weighted by molar-refractivity contribution is 5.55. The van der Waals surface area contributed by atoms with Crippen LogP contribution >= 0.6 is 0 Å². The van der Waals surface area contributed by atoms with Gasteiger partial charge in [-0.3, -0.25) is 16.0 Å². The molecule has 0 saturated carbocycles. The summed E-state index contributed by atoms with van der Waals surface area (Å²) in [5.41, 5.74) is -1.96. The molecule has 0 spiro atoms. The number of hydrogen-bond acceptors (Lipinski definition) is 5. The Morgan fingerprint density at radius 2 is 1.95 bits per heavy atom. The second-order valence-electron chi connectivity index (χ2n) is 4.94. The lowest BCUT2D eigenvalue weighted by Crippen LogP contribution is -2.42. The fourth-order valence-corrected chi connectivity index (χ4v) is 2.29. The molecule has 1 aromatic carbocycles. The van der Waals surface area contributed by atoms with Crippen LogP contribution in [0, 0.1) is 10.1 Å². The monoisotopic (exact) mass is 304 g/mol. The second kappa shape index (κ2) is 5.86. The summed E-state index contributed by atoms with van der Waals surface area (Å²) in [6.45, 7) is 1.30. The zero-order chi connectivity index (χ0) is 15.6. The number of nitro benzene ring substituents is 1. The minimum Gasteiger partial charge on any atom is -0.382 e. The number of nitrogens with one attached hydrogen (secondary N) is 1. The molecule has 2 rings (SSSR count). The number of piperidine rings is 1. The number of anilines is 1. The molecule has 1 aliphatic rings. The van der Waals surface area contributed by atoms with Crippen LogP contribution in [-0.2, 0) is 6.18 Å². The van der Waals surface area contributed by atoms with Gasteiger partial charge in [0.05, 0.1) is 4.92 Å². The summed E-state index contributed by atoms with van der Waals surface area (Å²) in [4.78, 5) is 9.64. The third kappa shape index (κ3) is 3.82. The first kappa shape index (κ1) is 15.5. The molecule has 0 aliphatic carbocycles. The van der Waals surface area contributed by atoms with Crippen LogP contribution in [0.25, 0.3) is 0 Å². The normalized spacial score (nSPS) is 17.7. The molecule has 1 aliphatic heterocycles.